The Hall–Kier alpha value is -2.20. The summed E-state index contributed by atoms with van der Waals surface area (Å²) < 4.78 is 0. The summed E-state index contributed by atoms with van der Waals surface area (Å²) in [6.45, 7) is 3.21. The van der Waals surface area contributed by atoms with Gasteiger partial charge in [0.2, 0.25) is 5.91 Å². The summed E-state index contributed by atoms with van der Waals surface area (Å²) in [6.07, 6.45) is 13.9. The molecule has 1 saturated heterocycles. The summed E-state index contributed by atoms with van der Waals surface area (Å²) >= 11 is 0. The number of rotatable bonds is 1. The molecule has 4 nitrogen and oxygen atoms in total. The lowest BCUT2D eigenvalue weighted by atomic mass is 9.57. The van der Waals surface area contributed by atoms with Crippen molar-refractivity contribution < 1.29 is 9.90 Å². The monoisotopic (exact) mass is 430 g/mol. The van der Waals surface area contributed by atoms with Gasteiger partial charge in [-0.25, -0.2) is 0 Å². The number of pyridine rings is 1. The lowest BCUT2D eigenvalue weighted by Gasteiger charge is -2.50. The molecule has 1 aliphatic heterocycles. The highest BCUT2D eigenvalue weighted by molar-refractivity contribution is 5.82. The molecule has 6 rings (SSSR count). The lowest BCUT2D eigenvalue weighted by molar-refractivity contribution is -0.120. The minimum Gasteiger partial charge on any atom is -0.385 e. The van der Waals surface area contributed by atoms with Crippen LogP contribution in [0.4, 0.5) is 0 Å². The molecule has 2 saturated carbocycles. The van der Waals surface area contributed by atoms with Crippen molar-refractivity contribution in [2.75, 3.05) is 6.54 Å². The number of fused-ring (bicyclic) bond motifs is 5. The zero-order chi connectivity index (χ0) is 21.9. The fourth-order valence-corrected chi connectivity index (χ4v) is 7.86. The molecule has 3 fully saturated rings. The first kappa shape index (κ1) is 20.4. The van der Waals surface area contributed by atoms with Crippen molar-refractivity contribution in [2.24, 2.45) is 23.2 Å². The Balaban J connectivity index is 1.33. The van der Waals surface area contributed by atoms with Crippen LogP contribution in [-0.4, -0.2) is 28.1 Å². The van der Waals surface area contributed by atoms with Crippen LogP contribution in [-0.2, 0) is 4.79 Å². The second-order valence-electron chi connectivity index (χ2n) is 11.1. The first-order chi connectivity index (χ1) is 15.5. The first-order valence-electron chi connectivity index (χ1n) is 12.5. The fourth-order valence-electron chi connectivity index (χ4n) is 7.86. The molecule has 1 amide bonds. The van der Waals surface area contributed by atoms with E-state index in [0.29, 0.717) is 30.1 Å². The van der Waals surface area contributed by atoms with Crippen molar-refractivity contribution in [3.63, 3.8) is 0 Å². The number of carbonyl (C=O) groups excluding carboxylic acids is 1. The molecular formula is C28H34N2O2. The van der Waals surface area contributed by atoms with E-state index >= 15 is 0 Å². The van der Waals surface area contributed by atoms with Gasteiger partial charge in [0, 0.05) is 30.7 Å². The minimum absolute atomic E-state index is 0.0781. The molecule has 4 heteroatoms. The maximum Gasteiger partial charge on any atom is 0.220 e. The van der Waals surface area contributed by atoms with Crippen molar-refractivity contribution in [1.82, 2.24) is 10.3 Å². The van der Waals surface area contributed by atoms with Crippen molar-refractivity contribution >= 4 is 16.7 Å². The Kier molecular flexibility index (Phi) is 4.73. The topological polar surface area (TPSA) is 62.2 Å². The normalized spacial score (nSPS) is 39.2. The Morgan fingerprint density at radius 3 is 2.91 bits per heavy atom. The second-order valence-corrected chi connectivity index (χ2v) is 11.1. The predicted octanol–water partition coefficient (Wildman–Crippen LogP) is 5.12. The van der Waals surface area contributed by atoms with Gasteiger partial charge in [-0.2, -0.15) is 0 Å². The lowest BCUT2D eigenvalue weighted by Crippen LogP contribution is -2.49. The smallest absolute Gasteiger partial charge is 0.220 e. The van der Waals surface area contributed by atoms with Crippen molar-refractivity contribution in [1.29, 1.82) is 0 Å². The van der Waals surface area contributed by atoms with Gasteiger partial charge in [0.15, 0.2) is 0 Å². The Labute approximate surface area is 190 Å². The van der Waals surface area contributed by atoms with Crippen LogP contribution in [0, 0.1) is 23.2 Å². The largest absolute Gasteiger partial charge is 0.385 e. The Morgan fingerprint density at radius 1 is 1.09 bits per heavy atom. The third-order valence-electron chi connectivity index (χ3n) is 9.67. The maximum absolute atomic E-state index is 12.2. The maximum atomic E-state index is 12.2. The van der Waals surface area contributed by atoms with Gasteiger partial charge in [0.1, 0.15) is 0 Å². The second kappa shape index (κ2) is 7.41. The number of aromatic nitrogens is 1. The molecular weight excluding hydrogens is 396 g/mol. The molecule has 6 atom stereocenters. The van der Waals surface area contributed by atoms with Crippen molar-refractivity contribution in [2.45, 2.75) is 69.8 Å². The molecule has 0 radical (unpaired) electrons. The summed E-state index contributed by atoms with van der Waals surface area (Å²) in [6, 6.07) is 8.94. The van der Waals surface area contributed by atoms with E-state index in [-0.39, 0.29) is 11.3 Å². The Morgan fingerprint density at radius 2 is 2.00 bits per heavy atom. The number of amides is 1. The first-order valence-corrected chi connectivity index (χ1v) is 12.5. The summed E-state index contributed by atoms with van der Waals surface area (Å²) in [7, 11) is 0. The molecule has 5 unspecified atom stereocenters. The molecule has 32 heavy (non-hydrogen) atoms. The van der Waals surface area contributed by atoms with Gasteiger partial charge in [-0.05, 0) is 103 Å². The van der Waals surface area contributed by atoms with E-state index in [1.807, 2.05) is 12.4 Å². The van der Waals surface area contributed by atoms with Gasteiger partial charge in [-0.15, -0.1) is 0 Å². The fraction of sp³-hybridized carbons (Fsp3) is 0.571. The van der Waals surface area contributed by atoms with Crippen LogP contribution >= 0.6 is 0 Å². The van der Waals surface area contributed by atoms with Gasteiger partial charge >= 0.3 is 0 Å². The number of hydrogen-bond donors (Lipinski definition) is 2. The van der Waals surface area contributed by atoms with E-state index in [2.05, 4.69) is 47.6 Å². The summed E-state index contributed by atoms with van der Waals surface area (Å²) in [4.78, 5) is 16.2. The number of benzene rings is 1. The van der Waals surface area contributed by atoms with E-state index in [1.165, 1.54) is 21.9 Å². The number of hydrogen-bond acceptors (Lipinski definition) is 3. The number of carbonyl (C=O) groups is 1. The van der Waals surface area contributed by atoms with Crippen LogP contribution in [0.1, 0.15) is 69.8 Å². The quantitative estimate of drug-likeness (QED) is 0.617. The number of aliphatic hydroxyl groups is 1. The highest BCUT2D eigenvalue weighted by Gasteiger charge is 2.59. The van der Waals surface area contributed by atoms with Crippen LogP contribution in [0.5, 0.6) is 0 Å². The minimum atomic E-state index is -0.684. The van der Waals surface area contributed by atoms with Crippen molar-refractivity contribution in [3.05, 3.63) is 53.9 Å². The summed E-state index contributed by atoms with van der Waals surface area (Å²) in [5.41, 5.74) is 2.08. The molecule has 2 N–H and O–H groups in total. The third kappa shape index (κ3) is 3.06. The van der Waals surface area contributed by atoms with E-state index < -0.39 is 5.60 Å². The molecule has 2 aromatic rings. The van der Waals surface area contributed by atoms with Gasteiger partial charge < -0.3 is 10.4 Å². The summed E-state index contributed by atoms with van der Waals surface area (Å²) in [5.74, 6) is 1.98. The molecule has 1 aromatic carbocycles. The van der Waals surface area contributed by atoms with Gasteiger partial charge in [0.25, 0.3) is 0 Å². The van der Waals surface area contributed by atoms with Gasteiger partial charge in [-0.3, -0.25) is 9.78 Å². The molecule has 0 spiro atoms. The van der Waals surface area contributed by atoms with Crippen LogP contribution in [0.25, 0.3) is 10.8 Å². The van der Waals surface area contributed by atoms with Gasteiger partial charge in [-0.1, -0.05) is 25.1 Å². The molecule has 1 aromatic heterocycles. The molecule has 0 bridgehead atoms. The van der Waals surface area contributed by atoms with E-state index in [1.54, 1.807) is 0 Å². The van der Waals surface area contributed by atoms with Crippen molar-refractivity contribution in [3.8, 4) is 0 Å². The van der Waals surface area contributed by atoms with E-state index in [0.717, 1.165) is 51.5 Å². The standard InChI is InChI=1S/C28H34N2O2/c1-27-11-9-23-15-19-4-7-26(31)30-17-21(19)8-12-28(23,32)25(27)6-5-24(27)20-3-2-18-10-13-29-16-22(18)14-20/h2-3,9-10,13-14,16,19,21,24-25,32H,4-8,11-12,15,17H2,1H3,(H,30,31)/t19?,21?,24?,25?,27?,28-/m1/s1. The number of allylic oxidation sites excluding steroid dienone is 1. The molecule has 168 valence electrons. The molecule has 3 aliphatic carbocycles. The number of nitrogens with zero attached hydrogens (tertiary/aromatic N) is 1. The van der Waals surface area contributed by atoms with Crippen LogP contribution in [0.3, 0.4) is 0 Å². The highest BCUT2D eigenvalue weighted by Crippen LogP contribution is 2.64. The van der Waals surface area contributed by atoms with E-state index in [4.69, 9.17) is 0 Å². The molecule has 2 heterocycles. The van der Waals surface area contributed by atoms with E-state index in [9.17, 15) is 9.90 Å². The highest BCUT2D eigenvalue weighted by atomic mass is 16.3. The zero-order valence-electron chi connectivity index (χ0n) is 19.0. The molecule has 4 aliphatic rings. The third-order valence-corrected chi connectivity index (χ3v) is 9.67. The Bertz CT molecular complexity index is 1090. The van der Waals surface area contributed by atoms with Crippen LogP contribution < -0.4 is 5.32 Å². The number of nitrogens with one attached hydrogen (secondary N) is 1. The van der Waals surface area contributed by atoms with Crippen LogP contribution in [0.15, 0.2) is 48.3 Å². The predicted molar refractivity (Wildman–Crippen MR) is 126 cm³/mol. The summed E-state index contributed by atoms with van der Waals surface area (Å²) in [5, 5.41) is 17.8. The SMILES string of the molecule is CC12CC=C3CC4CCC(=O)NCC4CC[C@]3(O)C1CCC2c1ccc2ccncc2c1. The van der Waals surface area contributed by atoms with Gasteiger partial charge in [0.05, 0.1) is 5.60 Å². The average Bonchev–Trinajstić information content (AvgIpc) is 2.97. The average molecular weight is 431 g/mol. The zero-order valence-corrected chi connectivity index (χ0v) is 19.0. The van der Waals surface area contributed by atoms with Crippen LogP contribution in [0.2, 0.25) is 0 Å².